The van der Waals surface area contributed by atoms with Gasteiger partial charge in [-0.2, -0.15) is 5.10 Å². The molecule has 152 valence electrons. The molecular formula is C22H27N5O2. The number of fused-ring (bicyclic) bond motifs is 1. The third kappa shape index (κ3) is 5.19. The number of aliphatic hydroxyl groups excluding tert-OH is 1. The minimum absolute atomic E-state index is 0.0460. The van der Waals surface area contributed by atoms with Crippen LogP contribution >= 0.6 is 0 Å². The van der Waals surface area contributed by atoms with Gasteiger partial charge in [-0.05, 0) is 37.0 Å². The molecule has 0 spiro atoms. The van der Waals surface area contributed by atoms with Gasteiger partial charge in [0.25, 0.3) is 0 Å². The Morgan fingerprint density at radius 1 is 1.21 bits per heavy atom. The monoisotopic (exact) mass is 393 g/mol. The SMILES string of the molecule is O=C(CCCc1ccccc1)N[C@H]1C[C@@H](O)CN(Cc2[nH]nc3ncccc23)C1. The lowest BCUT2D eigenvalue weighted by atomic mass is 10.0. The summed E-state index contributed by atoms with van der Waals surface area (Å²) in [7, 11) is 0. The van der Waals surface area contributed by atoms with Gasteiger partial charge in [-0.25, -0.2) is 4.98 Å². The molecule has 1 amide bonds. The van der Waals surface area contributed by atoms with E-state index < -0.39 is 6.10 Å². The van der Waals surface area contributed by atoms with Crippen LogP contribution in [0.1, 0.15) is 30.5 Å². The Hall–Kier alpha value is -2.77. The number of piperidine rings is 1. The van der Waals surface area contributed by atoms with Crippen molar-refractivity contribution in [3.63, 3.8) is 0 Å². The number of nitrogens with one attached hydrogen (secondary N) is 2. The predicted molar refractivity (Wildman–Crippen MR) is 111 cm³/mol. The number of hydrogen-bond donors (Lipinski definition) is 3. The molecule has 0 aliphatic carbocycles. The fraction of sp³-hybridized carbons (Fsp3) is 0.409. The number of likely N-dealkylation sites (tertiary alicyclic amines) is 1. The van der Waals surface area contributed by atoms with E-state index in [0.717, 1.165) is 23.9 Å². The minimum atomic E-state index is -0.453. The molecule has 7 heteroatoms. The number of benzene rings is 1. The zero-order chi connectivity index (χ0) is 20.1. The number of rotatable bonds is 7. The first-order valence-corrected chi connectivity index (χ1v) is 10.2. The number of aromatic amines is 1. The number of aromatic nitrogens is 3. The van der Waals surface area contributed by atoms with E-state index in [1.54, 1.807) is 6.20 Å². The van der Waals surface area contributed by atoms with Crippen molar-refractivity contribution in [1.82, 2.24) is 25.4 Å². The normalized spacial score (nSPS) is 20.0. The molecule has 0 bridgehead atoms. The Morgan fingerprint density at radius 3 is 2.93 bits per heavy atom. The van der Waals surface area contributed by atoms with Crippen LogP contribution in [0.4, 0.5) is 0 Å². The third-order valence-electron chi connectivity index (χ3n) is 5.37. The maximum absolute atomic E-state index is 12.4. The van der Waals surface area contributed by atoms with E-state index in [2.05, 4.69) is 37.5 Å². The van der Waals surface area contributed by atoms with Gasteiger partial charge in [-0.1, -0.05) is 30.3 Å². The summed E-state index contributed by atoms with van der Waals surface area (Å²) in [6.45, 7) is 1.93. The number of aliphatic hydroxyl groups is 1. The third-order valence-corrected chi connectivity index (χ3v) is 5.37. The zero-order valence-electron chi connectivity index (χ0n) is 16.4. The van der Waals surface area contributed by atoms with Gasteiger partial charge < -0.3 is 10.4 Å². The number of aryl methyl sites for hydroxylation is 1. The maximum atomic E-state index is 12.4. The summed E-state index contributed by atoms with van der Waals surface area (Å²) >= 11 is 0. The minimum Gasteiger partial charge on any atom is -0.392 e. The lowest BCUT2D eigenvalue weighted by Gasteiger charge is -2.35. The highest BCUT2D eigenvalue weighted by atomic mass is 16.3. The van der Waals surface area contributed by atoms with Crippen molar-refractivity contribution in [2.75, 3.05) is 13.1 Å². The number of pyridine rings is 1. The lowest BCUT2D eigenvalue weighted by Crippen LogP contribution is -2.52. The van der Waals surface area contributed by atoms with E-state index in [0.29, 0.717) is 38.1 Å². The molecule has 2 aromatic heterocycles. The van der Waals surface area contributed by atoms with Gasteiger partial charge in [0.05, 0.1) is 11.8 Å². The summed E-state index contributed by atoms with van der Waals surface area (Å²) in [6, 6.07) is 14.1. The Kier molecular flexibility index (Phi) is 6.17. The summed E-state index contributed by atoms with van der Waals surface area (Å²) in [5.74, 6) is 0.0520. The van der Waals surface area contributed by atoms with Gasteiger partial charge >= 0.3 is 0 Å². The summed E-state index contributed by atoms with van der Waals surface area (Å²) in [6.07, 6.45) is 4.08. The zero-order valence-corrected chi connectivity index (χ0v) is 16.4. The number of carbonyl (C=O) groups excluding carboxylic acids is 1. The standard InChI is InChI=1S/C22H27N5O2/c28-18-12-17(24-21(29)10-4-8-16-6-2-1-3-7-16)13-27(14-18)15-20-19-9-5-11-23-22(19)26-25-20/h1-3,5-7,9,11,17-18,28H,4,8,10,12-15H2,(H,24,29)(H,23,25,26)/t17-,18+/m0/s1. The highest BCUT2D eigenvalue weighted by molar-refractivity contribution is 5.77. The van der Waals surface area contributed by atoms with E-state index in [-0.39, 0.29) is 11.9 Å². The average molecular weight is 393 g/mol. The molecular weight excluding hydrogens is 366 g/mol. The number of amides is 1. The molecule has 1 saturated heterocycles. The first-order valence-electron chi connectivity index (χ1n) is 10.2. The molecule has 1 aromatic carbocycles. The summed E-state index contributed by atoms with van der Waals surface area (Å²) in [5.41, 5.74) is 2.93. The van der Waals surface area contributed by atoms with Gasteiger partial charge in [0.2, 0.25) is 5.91 Å². The topological polar surface area (TPSA) is 94.1 Å². The molecule has 3 N–H and O–H groups in total. The Morgan fingerprint density at radius 2 is 2.07 bits per heavy atom. The summed E-state index contributed by atoms with van der Waals surface area (Å²) in [5, 5.41) is 21.7. The number of carbonyl (C=O) groups is 1. The number of H-pyrrole nitrogens is 1. The van der Waals surface area contributed by atoms with Gasteiger partial charge in [0, 0.05) is 43.7 Å². The molecule has 7 nitrogen and oxygen atoms in total. The maximum Gasteiger partial charge on any atom is 0.220 e. The molecule has 1 aliphatic rings. The van der Waals surface area contributed by atoms with E-state index in [4.69, 9.17) is 0 Å². The molecule has 0 saturated carbocycles. The highest BCUT2D eigenvalue weighted by Crippen LogP contribution is 2.18. The van der Waals surface area contributed by atoms with Crippen molar-refractivity contribution < 1.29 is 9.90 Å². The summed E-state index contributed by atoms with van der Waals surface area (Å²) in [4.78, 5) is 18.8. The largest absolute Gasteiger partial charge is 0.392 e. The van der Waals surface area contributed by atoms with Gasteiger partial charge in [0.15, 0.2) is 5.65 Å². The molecule has 2 atom stereocenters. The Bertz CT molecular complexity index is 943. The highest BCUT2D eigenvalue weighted by Gasteiger charge is 2.27. The van der Waals surface area contributed by atoms with Crippen molar-refractivity contribution in [3.8, 4) is 0 Å². The fourth-order valence-corrected chi connectivity index (χ4v) is 4.04. The second kappa shape index (κ2) is 9.15. The molecule has 0 radical (unpaired) electrons. The van der Waals surface area contributed by atoms with Crippen molar-refractivity contribution in [3.05, 3.63) is 59.9 Å². The van der Waals surface area contributed by atoms with Crippen LogP contribution in [0.3, 0.4) is 0 Å². The molecule has 0 unspecified atom stereocenters. The quantitative estimate of drug-likeness (QED) is 0.571. The Balaban J connectivity index is 1.28. The second-order valence-electron chi connectivity index (χ2n) is 7.76. The number of β-amino-alcohol motifs (C(OH)–C–C–N with tert-alkyl or cyclic N) is 1. The lowest BCUT2D eigenvalue weighted by molar-refractivity contribution is -0.122. The van der Waals surface area contributed by atoms with E-state index in [1.165, 1.54) is 5.56 Å². The predicted octanol–water partition coefficient (Wildman–Crippen LogP) is 2.03. The fourth-order valence-electron chi connectivity index (χ4n) is 4.04. The second-order valence-corrected chi connectivity index (χ2v) is 7.76. The van der Waals surface area contributed by atoms with Gasteiger partial charge in [-0.15, -0.1) is 0 Å². The number of nitrogens with zero attached hydrogens (tertiary/aromatic N) is 3. The van der Waals surface area contributed by atoms with Crippen molar-refractivity contribution in [1.29, 1.82) is 0 Å². The van der Waals surface area contributed by atoms with Crippen molar-refractivity contribution in [2.45, 2.75) is 44.4 Å². The van der Waals surface area contributed by atoms with Gasteiger partial charge in [0.1, 0.15) is 0 Å². The van der Waals surface area contributed by atoms with Gasteiger partial charge in [-0.3, -0.25) is 14.8 Å². The van der Waals surface area contributed by atoms with Crippen LogP contribution in [0.25, 0.3) is 11.0 Å². The van der Waals surface area contributed by atoms with Crippen LogP contribution in [0.15, 0.2) is 48.7 Å². The first-order chi connectivity index (χ1) is 14.2. The van der Waals surface area contributed by atoms with E-state index >= 15 is 0 Å². The van der Waals surface area contributed by atoms with Crippen LogP contribution in [0.2, 0.25) is 0 Å². The molecule has 1 fully saturated rings. The molecule has 3 aromatic rings. The molecule has 4 rings (SSSR count). The molecule has 1 aliphatic heterocycles. The average Bonchev–Trinajstić information content (AvgIpc) is 3.11. The number of hydrogen-bond acceptors (Lipinski definition) is 5. The van der Waals surface area contributed by atoms with E-state index in [9.17, 15) is 9.90 Å². The van der Waals surface area contributed by atoms with Crippen LogP contribution in [0.5, 0.6) is 0 Å². The van der Waals surface area contributed by atoms with Crippen LogP contribution < -0.4 is 5.32 Å². The summed E-state index contributed by atoms with van der Waals surface area (Å²) < 4.78 is 0. The molecule has 3 heterocycles. The first kappa shape index (κ1) is 19.5. The van der Waals surface area contributed by atoms with Crippen molar-refractivity contribution in [2.24, 2.45) is 0 Å². The van der Waals surface area contributed by atoms with Crippen molar-refractivity contribution >= 4 is 16.9 Å². The Labute approximate surface area is 170 Å². The smallest absolute Gasteiger partial charge is 0.220 e. The van der Waals surface area contributed by atoms with Crippen LogP contribution in [-0.2, 0) is 17.8 Å². The molecule has 29 heavy (non-hydrogen) atoms. The van der Waals surface area contributed by atoms with E-state index in [1.807, 2.05) is 30.3 Å². The van der Waals surface area contributed by atoms with Crippen LogP contribution in [0, 0.1) is 0 Å². The van der Waals surface area contributed by atoms with Crippen LogP contribution in [-0.4, -0.2) is 56.3 Å².